The summed E-state index contributed by atoms with van der Waals surface area (Å²) in [5.41, 5.74) is 1.26. The van der Waals surface area contributed by atoms with Crippen molar-refractivity contribution < 1.29 is 9.90 Å². The Hall–Kier alpha value is -1.35. The Morgan fingerprint density at radius 1 is 1.35 bits per heavy atom. The molecule has 1 atom stereocenters. The molecule has 1 amide bonds. The van der Waals surface area contributed by atoms with E-state index in [-0.39, 0.29) is 18.6 Å². The third-order valence-electron chi connectivity index (χ3n) is 2.79. The average molecular weight is 235 g/mol. The number of benzene rings is 1. The molecule has 1 rings (SSSR count). The molecule has 0 radical (unpaired) electrons. The van der Waals surface area contributed by atoms with E-state index in [2.05, 4.69) is 17.4 Å². The molecule has 0 saturated heterocycles. The lowest BCUT2D eigenvalue weighted by molar-refractivity contribution is -0.122. The Morgan fingerprint density at radius 2 is 2.06 bits per heavy atom. The standard InChI is InChI=1S/C14H21NO2/c1-2-13(11-16)15-14(17)10-6-9-12-7-4-3-5-8-12/h3-5,7-8,13,16H,2,6,9-11H2,1H3,(H,15,17)/t13-/m0/s1. The third kappa shape index (κ3) is 5.50. The number of carbonyl (C=O) groups is 1. The lowest BCUT2D eigenvalue weighted by Gasteiger charge is -2.13. The SMILES string of the molecule is CC[C@@H](CO)NC(=O)CCCc1ccccc1. The van der Waals surface area contributed by atoms with Gasteiger partial charge in [-0.1, -0.05) is 37.3 Å². The van der Waals surface area contributed by atoms with Crippen molar-refractivity contribution in [3.63, 3.8) is 0 Å². The molecule has 2 N–H and O–H groups in total. The summed E-state index contributed by atoms with van der Waals surface area (Å²) < 4.78 is 0. The van der Waals surface area contributed by atoms with Crippen LogP contribution in [0.3, 0.4) is 0 Å². The molecule has 1 aromatic carbocycles. The molecule has 0 saturated carbocycles. The number of carbonyl (C=O) groups excluding carboxylic acids is 1. The number of nitrogens with one attached hydrogen (secondary N) is 1. The van der Waals surface area contributed by atoms with E-state index in [1.165, 1.54) is 5.56 Å². The van der Waals surface area contributed by atoms with Gasteiger partial charge < -0.3 is 10.4 Å². The first-order valence-corrected chi connectivity index (χ1v) is 6.20. The number of aliphatic hydroxyl groups excluding tert-OH is 1. The fourth-order valence-corrected chi connectivity index (χ4v) is 1.67. The smallest absolute Gasteiger partial charge is 0.220 e. The molecular weight excluding hydrogens is 214 g/mol. The zero-order valence-corrected chi connectivity index (χ0v) is 10.4. The summed E-state index contributed by atoms with van der Waals surface area (Å²) in [6, 6.07) is 10.0. The summed E-state index contributed by atoms with van der Waals surface area (Å²) in [4.78, 5) is 11.5. The molecule has 94 valence electrons. The Bertz CT molecular complexity index is 320. The number of aryl methyl sites for hydroxylation is 1. The van der Waals surface area contributed by atoms with Crippen LogP contribution in [0.4, 0.5) is 0 Å². The highest BCUT2D eigenvalue weighted by molar-refractivity contribution is 5.76. The van der Waals surface area contributed by atoms with Gasteiger partial charge in [-0.3, -0.25) is 4.79 Å². The Balaban J connectivity index is 2.20. The molecule has 0 fully saturated rings. The quantitative estimate of drug-likeness (QED) is 0.758. The summed E-state index contributed by atoms with van der Waals surface area (Å²) in [6.45, 7) is 1.96. The molecule has 0 aromatic heterocycles. The van der Waals surface area contributed by atoms with Crippen LogP contribution < -0.4 is 5.32 Å². The van der Waals surface area contributed by atoms with Gasteiger partial charge in [0.05, 0.1) is 12.6 Å². The molecule has 3 heteroatoms. The van der Waals surface area contributed by atoms with E-state index in [4.69, 9.17) is 5.11 Å². The lowest BCUT2D eigenvalue weighted by Crippen LogP contribution is -2.36. The number of hydrogen-bond acceptors (Lipinski definition) is 2. The van der Waals surface area contributed by atoms with Gasteiger partial charge in [0, 0.05) is 6.42 Å². The van der Waals surface area contributed by atoms with E-state index < -0.39 is 0 Å². The van der Waals surface area contributed by atoms with E-state index in [1.54, 1.807) is 0 Å². The van der Waals surface area contributed by atoms with Crippen LogP contribution in [0.1, 0.15) is 31.7 Å². The minimum absolute atomic E-state index is 0.0148. The zero-order valence-electron chi connectivity index (χ0n) is 10.4. The number of hydrogen-bond donors (Lipinski definition) is 2. The molecule has 3 nitrogen and oxygen atoms in total. The van der Waals surface area contributed by atoms with E-state index in [0.717, 1.165) is 19.3 Å². The van der Waals surface area contributed by atoms with Crippen LogP contribution in [0.2, 0.25) is 0 Å². The average Bonchev–Trinajstić information content (AvgIpc) is 2.37. The van der Waals surface area contributed by atoms with E-state index in [0.29, 0.717) is 6.42 Å². The number of amides is 1. The van der Waals surface area contributed by atoms with Gasteiger partial charge in [-0.05, 0) is 24.8 Å². The van der Waals surface area contributed by atoms with Crippen LogP contribution in [0.25, 0.3) is 0 Å². The largest absolute Gasteiger partial charge is 0.394 e. The van der Waals surface area contributed by atoms with Crippen molar-refractivity contribution in [1.82, 2.24) is 5.32 Å². The van der Waals surface area contributed by atoms with Gasteiger partial charge in [0.1, 0.15) is 0 Å². The van der Waals surface area contributed by atoms with Crippen molar-refractivity contribution in [2.75, 3.05) is 6.61 Å². The van der Waals surface area contributed by atoms with Gasteiger partial charge >= 0.3 is 0 Å². The van der Waals surface area contributed by atoms with Gasteiger partial charge in [0.25, 0.3) is 0 Å². The maximum absolute atomic E-state index is 11.5. The minimum atomic E-state index is -0.0979. The van der Waals surface area contributed by atoms with Gasteiger partial charge in [-0.15, -0.1) is 0 Å². The summed E-state index contributed by atoms with van der Waals surface area (Å²) in [5.74, 6) is 0.0295. The molecule has 0 spiro atoms. The normalized spacial score (nSPS) is 12.1. The first kappa shape index (κ1) is 13.7. The predicted octanol–water partition coefficient (Wildman–Crippen LogP) is 1.90. The first-order chi connectivity index (χ1) is 8.26. The van der Waals surface area contributed by atoms with Gasteiger partial charge in [0.2, 0.25) is 5.91 Å². The van der Waals surface area contributed by atoms with Crippen molar-refractivity contribution in [3.8, 4) is 0 Å². The Kier molecular flexibility index (Phi) is 6.33. The van der Waals surface area contributed by atoms with E-state index >= 15 is 0 Å². The predicted molar refractivity (Wildman–Crippen MR) is 68.7 cm³/mol. The summed E-state index contributed by atoms with van der Waals surface area (Å²) in [5, 5.41) is 11.8. The molecule has 0 aliphatic carbocycles. The van der Waals surface area contributed by atoms with Crippen LogP contribution in [-0.2, 0) is 11.2 Å². The monoisotopic (exact) mass is 235 g/mol. The lowest BCUT2D eigenvalue weighted by atomic mass is 10.1. The van der Waals surface area contributed by atoms with Crippen LogP contribution in [0.5, 0.6) is 0 Å². The van der Waals surface area contributed by atoms with Crippen LogP contribution in [-0.4, -0.2) is 23.7 Å². The second-order valence-corrected chi connectivity index (χ2v) is 4.19. The van der Waals surface area contributed by atoms with Gasteiger partial charge in [-0.25, -0.2) is 0 Å². The van der Waals surface area contributed by atoms with Crippen LogP contribution in [0.15, 0.2) is 30.3 Å². The first-order valence-electron chi connectivity index (χ1n) is 6.20. The third-order valence-corrected chi connectivity index (χ3v) is 2.79. The van der Waals surface area contributed by atoms with Crippen LogP contribution >= 0.6 is 0 Å². The number of rotatable bonds is 7. The molecule has 0 aliphatic heterocycles. The van der Waals surface area contributed by atoms with Crippen LogP contribution in [0, 0.1) is 0 Å². The van der Waals surface area contributed by atoms with Gasteiger partial charge in [-0.2, -0.15) is 0 Å². The van der Waals surface area contributed by atoms with E-state index in [1.807, 2.05) is 25.1 Å². The highest BCUT2D eigenvalue weighted by Gasteiger charge is 2.08. The summed E-state index contributed by atoms with van der Waals surface area (Å²) >= 11 is 0. The topological polar surface area (TPSA) is 49.3 Å². The second-order valence-electron chi connectivity index (χ2n) is 4.19. The zero-order chi connectivity index (χ0) is 12.5. The highest BCUT2D eigenvalue weighted by Crippen LogP contribution is 2.04. The van der Waals surface area contributed by atoms with E-state index in [9.17, 15) is 4.79 Å². The van der Waals surface area contributed by atoms with Gasteiger partial charge in [0.15, 0.2) is 0 Å². The summed E-state index contributed by atoms with van der Waals surface area (Å²) in [7, 11) is 0. The van der Waals surface area contributed by atoms with Crippen molar-refractivity contribution in [1.29, 1.82) is 0 Å². The molecule has 0 bridgehead atoms. The molecule has 0 unspecified atom stereocenters. The van der Waals surface area contributed by atoms with Crippen molar-refractivity contribution in [2.24, 2.45) is 0 Å². The highest BCUT2D eigenvalue weighted by atomic mass is 16.3. The second kappa shape index (κ2) is 7.85. The molecule has 17 heavy (non-hydrogen) atoms. The molecule has 1 aromatic rings. The maximum atomic E-state index is 11.5. The fraction of sp³-hybridized carbons (Fsp3) is 0.500. The minimum Gasteiger partial charge on any atom is -0.394 e. The van der Waals surface area contributed by atoms with Crippen molar-refractivity contribution >= 4 is 5.91 Å². The van der Waals surface area contributed by atoms with Crippen molar-refractivity contribution in [2.45, 2.75) is 38.6 Å². The molecule has 0 heterocycles. The number of aliphatic hydroxyl groups is 1. The Labute approximate surface area is 103 Å². The fourth-order valence-electron chi connectivity index (χ4n) is 1.67. The molecule has 0 aliphatic rings. The summed E-state index contributed by atoms with van der Waals surface area (Å²) in [6.07, 6.45) is 3.05. The van der Waals surface area contributed by atoms with Crippen molar-refractivity contribution in [3.05, 3.63) is 35.9 Å². The maximum Gasteiger partial charge on any atom is 0.220 e. The Morgan fingerprint density at radius 3 is 2.65 bits per heavy atom. The molecular formula is C14H21NO2.